The Hall–Kier alpha value is -2.17. The molecule has 1 saturated heterocycles. The van der Waals surface area contributed by atoms with Gasteiger partial charge >= 0.3 is 0 Å². The molecule has 2 aromatic rings. The lowest BCUT2D eigenvalue weighted by molar-refractivity contribution is -0.126. The Morgan fingerprint density at radius 3 is 2.52 bits per heavy atom. The van der Waals surface area contributed by atoms with Gasteiger partial charge in [0.15, 0.2) is 0 Å². The van der Waals surface area contributed by atoms with E-state index in [4.69, 9.17) is 4.74 Å². The van der Waals surface area contributed by atoms with Crippen molar-refractivity contribution in [1.29, 1.82) is 0 Å². The molecular weight excluding hydrogens is 336 g/mol. The maximum atomic E-state index is 12.4. The molecule has 1 heterocycles. The van der Waals surface area contributed by atoms with Gasteiger partial charge in [-0.05, 0) is 49.5 Å². The minimum absolute atomic E-state index is 0.132. The average Bonchev–Trinajstić information content (AvgIpc) is 2.71. The summed E-state index contributed by atoms with van der Waals surface area (Å²) in [5, 5.41) is 3.03. The van der Waals surface area contributed by atoms with Crippen molar-refractivity contribution >= 4 is 5.91 Å². The first kappa shape index (κ1) is 19.6. The summed E-state index contributed by atoms with van der Waals surface area (Å²) in [4.78, 5) is 14.8. The second-order valence-electron chi connectivity index (χ2n) is 7.31. The number of piperidine rings is 1. The Bertz CT molecular complexity index is 709. The average molecular weight is 367 g/mol. The summed E-state index contributed by atoms with van der Waals surface area (Å²) in [6, 6.07) is 18.6. The van der Waals surface area contributed by atoms with Gasteiger partial charge in [-0.1, -0.05) is 54.6 Å². The maximum Gasteiger partial charge on any atom is 0.223 e. The molecule has 1 aliphatic rings. The number of carbonyl (C=O) groups is 1. The number of nitrogens with zero attached hydrogens (tertiary/aromatic N) is 1. The van der Waals surface area contributed by atoms with Crippen molar-refractivity contribution in [3.63, 3.8) is 0 Å². The molecule has 0 saturated carbocycles. The molecule has 1 aliphatic heterocycles. The minimum Gasteiger partial charge on any atom is -0.375 e. The van der Waals surface area contributed by atoms with Crippen molar-refractivity contribution < 1.29 is 9.53 Å². The lowest BCUT2D eigenvalue weighted by Gasteiger charge is -2.31. The maximum absolute atomic E-state index is 12.4. The Balaban J connectivity index is 1.31. The lowest BCUT2D eigenvalue weighted by Crippen LogP contribution is -2.41. The van der Waals surface area contributed by atoms with Crippen LogP contribution in [-0.2, 0) is 22.7 Å². The minimum atomic E-state index is 0.132. The molecule has 1 N–H and O–H groups in total. The van der Waals surface area contributed by atoms with Crippen LogP contribution in [0.1, 0.15) is 29.5 Å². The molecule has 0 atom stereocenters. The summed E-state index contributed by atoms with van der Waals surface area (Å²) in [5.74, 6) is 0.307. The highest BCUT2D eigenvalue weighted by Gasteiger charge is 2.24. The molecule has 0 unspecified atom stereocenters. The van der Waals surface area contributed by atoms with E-state index in [0.717, 1.165) is 38.0 Å². The van der Waals surface area contributed by atoms with Crippen LogP contribution in [0.2, 0.25) is 0 Å². The third-order valence-electron chi connectivity index (χ3n) is 5.27. The molecule has 27 heavy (non-hydrogen) atoms. The number of nitrogens with one attached hydrogen (secondary N) is 1. The molecule has 0 aliphatic carbocycles. The van der Waals surface area contributed by atoms with E-state index < -0.39 is 0 Å². The second kappa shape index (κ2) is 10.2. The molecule has 1 amide bonds. The monoisotopic (exact) mass is 366 g/mol. The zero-order chi connectivity index (χ0) is 18.9. The third kappa shape index (κ3) is 6.19. The molecular formula is C23H30N2O2. The van der Waals surface area contributed by atoms with Crippen LogP contribution in [0.4, 0.5) is 0 Å². The summed E-state index contributed by atoms with van der Waals surface area (Å²) in [7, 11) is 0. The van der Waals surface area contributed by atoms with E-state index in [1.807, 2.05) is 30.3 Å². The SMILES string of the molecule is Cc1ccccc1CN1CCC(C(=O)NCCOCc2ccccc2)CC1. The van der Waals surface area contributed by atoms with Crippen LogP contribution in [0.25, 0.3) is 0 Å². The number of likely N-dealkylation sites (tertiary alicyclic amines) is 1. The number of rotatable bonds is 8. The van der Waals surface area contributed by atoms with Crippen molar-refractivity contribution in [2.45, 2.75) is 32.9 Å². The van der Waals surface area contributed by atoms with E-state index in [0.29, 0.717) is 19.8 Å². The molecule has 2 aromatic carbocycles. The van der Waals surface area contributed by atoms with Crippen LogP contribution in [0, 0.1) is 12.8 Å². The van der Waals surface area contributed by atoms with Gasteiger partial charge in [-0.3, -0.25) is 9.69 Å². The molecule has 0 spiro atoms. The molecule has 4 heteroatoms. The summed E-state index contributed by atoms with van der Waals surface area (Å²) in [6.07, 6.45) is 1.87. The smallest absolute Gasteiger partial charge is 0.223 e. The van der Waals surface area contributed by atoms with Gasteiger partial charge in [0.2, 0.25) is 5.91 Å². The summed E-state index contributed by atoms with van der Waals surface area (Å²) < 4.78 is 5.63. The number of hydrogen-bond acceptors (Lipinski definition) is 3. The number of aryl methyl sites for hydroxylation is 1. The normalized spacial score (nSPS) is 15.6. The predicted molar refractivity (Wildman–Crippen MR) is 108 cm³/mol. The first-order valence-corrected chi connectivity index (χ1v) is 9.88. The van der Waals surface area contributed by atoms with Gasteiger partial charge in [-0.15, -0.1) is 0 Å². The van der Waals surface area contributed by atoms with Crippen molar-refractivity contribution in [2.24, 2.45) is 5.92 Å². The van der Waals surface area contributed by atoms with Gasteiger partial charge in [-0.25, -0.2) is 0 Å². The molecule has 1 fully saturated rings. The second-order valence-corrected chi connectivity index (χ2v) is 7.31. The van der Waals surface area contributed by atoms with Crippen LogP contribution >= 0.6 is 0 Å². The molecule has 4 nitrogen and oxygen atoms in total. The summed E-state index contributed by atoms with van der Waals surface area (Å²) in [6.45, 7) is 6.83. The Morgan fingerprint density at radius 2 is 1.78 bits per heavy atom. The summed E-state index contributed by atoms with van der Waals surface area (Å²) in [5.41, 5.74) is 3.88. The van der Waals surface area contributed by atoms with Gasteiger partial charge in [0.25, 0.3) is 0 Å². The van der Waals surface area contributed by atoms with Gasteiger partial charge < -0.3 is 10.1 Å². The van der Waals surface area contributed by atoms with Crippen molar-refractivity contribution in [3.8, 4) is 0 Å². The first-order valence-electron chi connectivity index (χ1n) is 9.88. The van der Waals surface area contributed by atoms with Crippen molar-refractivity contribution in [3.05, 3.63) is 71.3 Å². The van der Waals surface area contributed by atoms with Crippen molar-refractivity contribution in [1.82, 2.24) is 10.2 Å². The van der Waals surface area contributed by atoms with Gasteiger partial charge in [0.1, 0.15) is 0 Å². The molecule has 0 aromatic heterocycles. The fraction of sp³-hybridized carbons (Fsp3) is 0.435. The Morgan fingerprint density at radius 1 is 1.07 bits per heavy atom. The Kier molecular flexibility index (Phi) is 7.43. The topological polar surface area (TPSA) is 41.6 Å². The fourth-order valence-corrected chi connectivity index (χ4v) is 3.54. The predicted octanol–water partition coefficient (Wildman–Crippen LogP) is 3.54. The van der Waals surface area contributed by atoms with Crippen molar-refractivity contribution in [2.75, 3.05) is 26.2 Å². The fourth-order valence-electron chi connectivity index (χ4n) is 3.54. The van der Waals surface area contributed by atoms with Crippen LogP contribution in [0.3, 0.4) is 0 Å². The molecule has 144 valence electrons. The lowest BCUT2D eigenvalue weighted by atomic mass is 9.95. The number of amides is 1. The molecule has 0 bridgehead atoms. The van der Waals surface area contributed by atoms with Crippen LogP contribution in [0.15, 0.2) is 54.6 Å². The first-order chi connectivity index (χ1) is 13.2. The van der Waals surface area contributed by atoms with Crippen LogP contribution in [-0.4, -0.2) is 37.0 Å². The van der Waals surface area contributed by atoms with Gasteiger partial charge in [-0.2, -0.15) is 0 Å². The highest BCUT2D eigenvalue weighted by molar-refractivity contribution is 5.78. The zero-order valence-corrected chi connectivity index (χ0v) is 16.2. The van der Waals surface area contributed by atoms with E-state index in [2.05, 4.69) is 41.4 Å². The van der Waals surface area contributed by atoms with E-state index in [1.165, 1.54) is 11.1 Å². The Labute approximate surface area is 162 Å². The van der Waals surface area contributed by atoms with E-state index in [-0.39, 0.29) is 11.8 Å². The van der Waals surface area contributed by atoms with Crippen LogP contribution in [0.5, 0.6) is 0 Å². The zero-order valence-electron chi connectivity index (χ0n) is 16.2. The van der Waals surface area contributed by atoms with Gasteiger partial charge in [0, 0.05) is 19.0 Å². The quantitative estimate of drug-likeness (QED) is 0.727. The van der Waals surface area contributed by atoms with Gasteiger partial charge in [0.05, 0.1) is 13.2 Å². The van der Waals surface area contributed by atoms with E-state index in [1.54, 1.807) is 0 Å². The van der Waals surface area contributed by atoms with E-state index in [9.17, 15) is 4.79 Å². The van der Waals surface area contributed by atoms with E-state index >= 15 is 0 Å². The third-order valence-corrected chi connectivity index (χ3v) is 5.27. The largest absolute Gasteiger partial charge is 0.375 e. The summed E-state index contributed by atoms with van der Waals surface area (Å²) >= 11 is 0. The number of carbonyl (C=O) groups excluding carboxylic acids is 1. The van der Waals surface area contributed by atoms with Crippen LogP contribution < -0.4 is 5.32 Å². The number of hydrogen-bond donors (Lipinski definition) is 1. The molecule has 3 rings (SSSR count). The number of ether oxygens (including phenoxy) is 1. The standard InChI is InChI=1S/C23H30N2O2/c1-19-7-5-6-10-22(19)17-25-14-11-21(12-15-25)23(26)24-13-16-27-18-20-8-3-2-4-9-20/h2-10,21H,11-18H2,1H3,(H,24,26). The molecule has 0 radical (unpaired) electrons. The highest BCUT2D eigenvalue weighted by Crippen LogP contribution is 2.20. The highest BCUT2D eigenvalue weighted by atomic mass is 16.5. The number of benzene rings is 2.